The lowest BCUT2D eigenvalue weighted by atomic mass is 10.2. The van der Waals surface area contributed by atoms with E-state index in [0.29, 0.717) is 17.1 Å². The van der Waals surface area contributed by atoms with E-state index in [9.17, 15) is 0 Å². The minimum Gasteiger partial charge on any atom is -0.378 e. The van der Waals surface area contributed by atoms with Gasteiger partial charge in [-0.1, -0.05) is 29.8 Å². The number of hydrogen-bond donors (Lipinski definition) is 1. The fourth-order valence-electron chi connectivity index (χ4n) is 2.13. The molecule has 1 N–H and O–H groups in total. The van der Waals surface area contributed by atoms with Crippen LogP contribution in [0.1, 0.15) is 11.3 Å². The zero-order valence-corrected chi connectivity index (χ0v) is 12.5. The van der Waals surface area contributed by atoms with E-state index in [-0.39, 0.29) is 0 Å². The molecular weight excluding hydrogens is 296 g/mol. The van der Waals surface area contributed by atoms with Gasteiger partial charge in [0.25, 0.3) is 0 Å². The van der Waals surface area contributed by atoms with Crippen LogP contribution < -0.4 is 5.32 Å². The SMILES string of the molecule is N#Cc1cc(Cl)ccc1NCc1ccn(-c2ccccc2)n1. The Morgan fingerprint density at radius 1 is 1.14 bits per heavy atom. The highest BCUT2D eigenvalue weighted by molar-refractivity contribution is 6.30. The molecule has 22 heavy (non-hydrogen) atoms. The van der Waals surface area contributed by atoms with Crippen molar-refractivity contribution in [3.8, 4) is 11.8 Å². The van der Waals surface area contributed by atoms with Crippen LogP contribution in [0.5, 0.6) is 0 Å². The minimum absolute atomic E-state index is 0.523. The molecule has 1 aromatic heterocycles. The lowest BCUT2D eigenvalue weighted by molar-refractivity contribution is 0.844. The second kappa shape index (κ2) is 6.33. The molecule has 3 rings (SSSR count). The first kappa shape index (κ1) is 14.2. The van der Waals surface area contributed by atoms with Crippen LogP contribution in [0.15, 0.2) is 60.8 Å². The number of nitriles is 1. The number of hydrogen-bond acceptors (Lipinski definition) is 3. The summed E-state index contributed by atoms with van der Waals surface area (Å²) in [4.78, 5) is 0. The molecule has 4 nitrogen and oxygen atoms in total. The monoisotopic (exact) mass is 308 g/mol. The lowest BCUT2D eigenvalue weighted by Crippen LogP contribution is -2.03. The fourth-order valence-corrected chi connectivity index (χ4v) is 2.30. The van der Waals surface area contributed by atoms with Crippen molar-refractivity contribution in [1.82, 2.24) is 9.78 Å². The van der Waals surface area contributed by atoms with Gasteiger partial charge >= 0.3 is 0 Å². The number of rotatable bonds is 4. The molecule has 0 aliphatic carbocycles. The number of aromatic nitrogens is 2. The van der Waals surface area contributed by atoms with Gasteiger partial charge in [0.05, 0.1) is 29.2 Å². The second-order valence-electron chi connectivity index (χ2n) is 4.74. The number of para-hydroxylation sites is 1. The summed E-state index contributed by atoms with van der Waals surface area (Å²) in [6.45, 7) is 0.538. The lowest BCUT2D eigenvalue weighted by Gasteiger charge is -2.07. The van der Waals surface area contributed by atoms with Gasteiger partial charge in [-0.3, -0.25) is 0 Å². The minimum atomic E-state index is 0.523. The van der Waals surface area contributed by atoms with E-state index in [2.05, 4.69) is 16.5 Å². The average molecular weight is 309 g/mol. The summed E-state index contributed by atoms with van der Waals surface area (Å²) >= 11 is 5.89. The van der Waals surface area contributed by atoms with E-state index >= 15 is 0 Å². The van der Waals surface area contributed by atoms with Crippen LogP contribution >= 0.6 is 11.6 Å². The molecule has 0 fully saturated rings. The van der Waals surface area contributed by atoms with Crippen LogP contribution in [-0.2, 0) is 6.54 Å². The maximum atomic E-state index is 9.12. The van der Waals surface area contributed by atoms with Crippen LogP contribution in [0.2, 0.25) is 5.02 Å². The Bertz CT molecular complexity index is 818. The molecule has 0 aliphatic rings. The zero-order valence-electron chi connectivity index (χ0n) is 11.7. The first-order valence-electron chi connectivity index (χ1n) is 6.80. The maximum Gasteiger partial charge on any atom is 0.101 e. The standard InChI is InChI=1S/C17H13ClN4/c18-14-6-7-17(13(10-14)11-19)20-12-15-8-9-22(21-15)16-4-2-1-3-5-16/h1-10,20H,12H2. The Balaban J connectivity index is 1.73. The first-order valence-corrected chi connectivity index (χ1v) is 7.17. The van der Waals surface area contributed by atoms with E-state index in [0.717, 1.165) is 17.1 Å². The highest BCUT2D eigenvalue weighted by atomic mass is 35.5. The molecule has 3 aromatic rings. The van der Waals surface area contributed by atoms with Crippen molar-refractivity contribution in [2.75, 3.05) is 5.32 Å². The van der Waals surface area contributed by atoms with Crippen LogP contribution in [0, 0.1) is 11.3 Å². The molecule has 1 heterocycles. The van der Waals surface area contributed by atoms with Gasteiger partial charge in [0.2, 0.25) is 0 Å². The predicted molar refractivity (Wildman–Crippen MR) is 87.1 cm³/mol. The van der Waals surface area contributed by atoms with Gasteiger partial charge in [0.15, 0.2) is 0 Å². The number of nitrogens with zero attached hydrogens (tertiary/aromatic N) is 3. The van der Waals surface area contributed by atoms with Gasteiger partial charge in [-0.25, -0.2) is 4.68 Å². The smallest absolute Gasteiger partial charge is 0.101 e. The fraction of sp³-hybridized carbons (Fsp3) is 0.0588. The third-order valence-corrected chi connectivity index (χ3v) is 3.46. The van der Waals surface area contributed by atoms with E-state index < -0.39 is 0 Å². The van der Waals surface area contributed by atoms with Gasteiger partial charge < -0.3 is 5.32 Å². The summed E-state index contributed by atoms with van der Waals surface area (Å²) in [5.74, 6) is 0. The molecule has 0 saturated heterocycles. The number of nitrogens with one attached hydrogen (secondary N) is 1. The van der Waals surface area contributed by atoms with E-state index in [1.54, 1.807) is 18.2 Å². The molecule has 0 aliphatic heterocycles. The molecule has 0 atom stereocenters. The summed E-state index contributed by atoms with van der Waals surface area (Å²) in [6.07, 6.45) is 1.92. The van der Waals surface area contributed by atoms with Gasteiger partial charge in [-0.05, 0) is 36.4 Å². The number of anilines is 1. The van der Waals surface area contributed by atoms with E-state index in [1.807, 2.05) is 47.3 Å². The third-order valence-electron chi connectivity index (χ3n) is 3.23. The van der Waals surface area contributed by atoms with Gasteiger partial charge in [-0.2, -0.15) is 10.4 Å². The van der Waals surface area contributed by atoms with E-state index in [1.165, 1.54) is 0 Å². The van der Waals surface area contributed by atoms with Crippen molar-refractivity contribution >= 4 is 17.3 Å². The van der Waals surface area contributed by atoms with E-state index in [4.69, 9.17) is 16.9 Å². The average Bonchev–Trinajstić information content (AvgIpc) is 3.03. The Morgan fingerprint density at radius 3 is 2.73 bits per heavy atom. The number of halogens is 1. The summed E-state index contributed by atoms with van der Waals surface area (Å²) < 4.78 is 1.82. The number of benzene rings is 2. The van der Waals surface area contributed by atoms with Crippen LogP contribution in [0.25, 0.3) is 5.69 Å². The van der Waals surface area contributed by atoms with Crippen molar-refractivity contribution in [1.29, 1.82) is 5.26 Å². The van der Waals surface area contributed by atoms with Gasteiger partial charge in [0, 0.05) is 11.2 Å². The van der Waals surface area contributed by atoms with Crippen molar-refractivity contribution in [3.63, 3.8) is 0 Å². The summed E-state index contributed by atoms with van der Waals surface area (Å²) in [6, 6.07) is 19.2. The van der Waals surface area contributed by atoms with Crippen molar-refractivity contribution in [2.24, 2.45) is 0 Å². The molecule has 0 radical (unpaired) electrons. The highest BCUT2D eigenvalue weighted by Crippen LogP contribution is 2.20. The predicted octanol–water partition coefficient (Wildman–Crippen LogP) is 4.01. The normalized spacial score (nSPS) is 10.2. The summed E-state index contributed by atoms with van der Waals surface area (Å²) in [5, 5.41) is 17.4. The Morgan fingerprint density at radius 2 is 1.95 bits per heavy atom. The maximum absolute atomic E-state index is 9.12. The van der Waals surface area contributed by atoms with Gasteiger partial charge in [-0.15, -0.1) is 0 Å². The van der Waals surface area contributed by atoms with Crippen molar-refractivity contribution in [3.05, 3.63) is 77.1 Å². The first-order chi connectivity index (χ1) is 10.8. The van der Waals surface area contributed by atoms with Gasteiger partial charge in [0.1, 0.15) is 6.07 Å². The van der Waals surface area contributed by atoms with Crippen molar-refractivity contribution < 1.29 is 0 Å². The topological polar surface area (TPSA) is 53.6 Å². The summed E-state index contributed by atoms with van der Waals surface area (Å²) in [5.41, 5.74) is 3.18. The largest absolute Gasteiger partial charge is 0.378 e. The Labute approximate surface area is 133 Å². The highest BCUT2D eigenvalue weighted by Gasteiger charge is 2.05. The van der Waals surface area contributed by atoms with Crippen LogP contribution in [0.3, 0.4) is 0 Å². The van der Waals surface area contributed by atoms with Crippen LogP contribution in [-0.4, -0.2) is 9.78 Å². The molecule has 0 amide bonds. The molecule has 0 spiro atoms. The molecule has 108 valence electrons. The second-order valence-corrected chi connectivity index (χ2v) is 5.18. The third kappa shape index (κ3) is 3.11. The van der Waals surface area contributed by atoms with Crippen molar-refractivity contribution in [2.45, 2.75) is 6.54 Å². The van der Waals surface area contributed by atoms with Crippen LogP contribution in [0.4, 0.5) is 5.69 Å². The summed E-state index contributed by atoms with van der Waals surface area (Å²) in [7, 11) is 0. The Hall–Kier alpha value is -2.77. The molecule has 2 aromatic carbocycles. The molecule has 0 saturated carbocycles. The molecule has 0 bridgehead atoms. The Kier molecular flexibility index (Phi) is 4.08. The molecular formula is C17H13ClN4. The zero-order chi connectivity index (χ0) is 15.4. The molecule has 0 unspecified atom stereocenters. The quantitative estimate of drug-likeness (QED) is 0.792. The molecule has 5 heteroatoms.